The van der Waals surface area contributed by atoms with E-state index in [1.165, 1.54) is 31.5 Å². The maximum absolute atomic E-state index is 4.61. The van der Waals surface area contributed by atoms with E-state index in [-0.39, 0.29) is 5.54 Å². The van der Waals surface area contributed by atoms with E-state index in [0.717, 1.165) is 13.0 Å². The van der Waals surface area contributed by atoms with E-state index in [1.54, 1.807) is 0 Å². The quantitative estimate of drug-likeness (QED) is 0.856. The van der Waals surface area contributed by atoms with E-state index >= 15 is 0 Å². The van der Waals surface area contributed by atoms with Crippen LogP contribution in [-0.4, -0.2) is 40.6 Å². The van der Waals surface area contributed by atoms with E-state index in [0.29, 0.717) is 6.04 Å². The molecule has 2 rings (SSSR count). The smallest absolute Gasteiger partial charge is 0.127 e. The number of hydrogen-bond acceptors (Lipinski definition) is 3. The van der Waals surface area contributed by atoms with Crippen molar-refractivity contribution >= 4 is 0 Å². The van der Waals surface area contributed by atoms with Crippen molar-refractivity contribution in [2.45, 2.75) is 50.6 Å². The van der Waals surface area contributed by atoms with E-state index < -0.39 is 0 Å². The zero-order chi connectivity index (χ0) is 13.9. The number of aromatic nitrogens is 2. The molecule has 0 radical (unpaired) electrons. The maximum atomic E-state index is 4.61. The third kappa shape index (κ3) is 2.70. The third-order valence-electron chi connectivity index (χ3n) is 4.61. The molecule has 1 heterocycles. The topological polar surface area (TPSA) is 33.1 Å². The summed E-state index contributed by atoms with van der Waals surface area (Å²) in [6, 6.07) is 0.324. The predicted molar refractivity (Wildman–Crippen MR) is 79.1 cm³/mol. The molecule has 0 spiro atoms. The first-order valence-corrected chi connectivity index (χ1v) is 7.50. The molecule has 1 N–H and O–H groups in total. The molecule has 0 aromatic carbocycles. The number of aryl methyl sites for hydroxylation is 1. The predicted octanol–water partition coefficient (Wildman–Crippen LogP) is 2.34. The van der Waals surface area contributed by atoms with Crippen LogP contribution in [0, 0.1) is 0 Å². The van der Waals surface area contributed by atoms with Crippen LogP contribution in [0.3, 0.4) is 0 Å². The summed E-state index contributed by atoms with van der Waals surface area (Å²) in [5, 5.41) is 3.75. The van der Waals surface area contributed by atoms with Gasteiger partial charge in [0.25, 0.3) is 0 Å². The lowest BCUT2D eigenvalue weighted by Gasteiger charge is -2.43. The Bertz CT molecular complexity index is 391. The summed E-state index contributed by atoms with van der Waals surface area (Å²) in [6.45, 7) is 3.27. The first-order valence-electron chi connectivity index (χ1n) is 7.50. The van der Waals surface area contributed by atoms with Crippen LogP contribution >= 0.6 is 0 Å². The van der Waals surface area contributed by atoms with Gasteiger partial charge < -0.3 is 14.8 Å². The lowest BCUT2D eigenvalue weighted by atomic mass is 9.86. The molecule has 1 atom stereocenters. The van der Waals surface area contributed by atoms with Crippen molar-refractivity contribution in [2.24, 2.45) is 7.05 Å². The molecule has 1 aliphatic rings. The number of rotatable bonds is 6. The summed E-state index contributed by atoms with van der Waals surface area (Å²) in [5.74, 6) is 1.17. The van der Waals surface area contributed by atoms with Gasteiger partial charge in [0.05, 0.1) is 6.04 Å². The fourth-order valence-corrected chi connectivity index (χ4v) is 3.45. The summed E-state index contributed by atoms with van der Waals surface area (Å²) in [6.07, 6.45) is 10.3. The fraction of sp³-hybridized carbons (Fsp3) is 0.800. The molecular formula is C15H28N4. The van der Waals surface area contributed by atoms with Gasteiger partial charge in [-0.1, -0.05) is 19.8 Å². The van der Waals surface area contributed by atoms with Crippen LogP contribution in [0.5, 0.6) is 0 Å². The molecule has 108 valence electrons. The van der Waals surface area contributed by atoms with Gasteiger partial charge in [-0.2, -0.15) is 0 Å². The minimum atomic E-state index is 0.217. The molecule has 0 bridgehead atoms. The average molecular weight is 264 g/mol. The Morgan fingerprint density at radius 3 is 2.58 bits per heavy atom. The van der Waals surface area contributed by atoms with Crippen molar-refractivity contribution < 1.29 is 0 Å². The Morgan fingerprint density at radius 1 is 1.42 bits per heavy atom. The molecule has 1 saturated carbocycles. The third-order valence-corrected chi connectivity index (χ3v) is 4.61. The van der Waals surface area contributed by atoms with Crippen LogP contribution in [0.4, 0.5) is 0 Å². The van der Waals surface area contributed by atoms with Gasteiger partial charge in [0, 0.05) is 25.0 Å². The molecule has 0 amide bonds. The van der Waals surface area contributed by atoms with Gasteiger partial charge in [-0.05, 0) is 39.9 Å². The lowest BCUT2D eigenvalue weighted by Crippen LogP contribution is -2.52. The SMILES string of the molecule is CCCNC(c1nccn1C)C1(N(C)C)CCCC1. The van der Waals surface area contributed by atoms with Gasteiger partial charge >= 0.3 is 0 Å². The van der Waals surface area contributed by atoms with Crippen molar-refractivity contribution in [3.63, 3.8) is 0 Å². The molecule has 4 nitrogen and oxygen atoms in total. The second kappa shape index (κ2) is 6.06. The highest BCUT2D eigenvalue weighted by molar-refractivity contribution is 5.12. The van der Waals surface area contributed by atoms with E-state index in [4.69, 9.17) is 0 Å². The number of nitrogens with one attached hydrogen (secondary N) is 1. The van der Waals surface area contributed by atoms with Gasteiger partial charge in [0.1, 0.15) is 5.82 Å². The number of hydrogen-bond donors (Lipinski definition) is 1. The number of nitrogens with zero attached hydrogens (tertiary/aromatic N) is 3. The first kappa shape index (κ1) is 14.5. The average Bonchev–Trinajstić information content (AvgIpc) is 3.01. The Hall–Kier alpha value is -0.870. The minimum Gasteiger partial charge on any atom is -0.337 e. The molecule has 1 aliphatic carbocycles. The highest BCUT2D eigenvalue weighted by Crippen LogP contribution is 2.42. The monoisotopic (exact) mass is 264 g/mol. The molecule has 0 saturated heterocycles. The van der Waals surface area contributed by atoms with Crippen LogP contribution in [-0.2, 0) is 7.05 Å². The number of likely N-dealkylation sites (N-methyl/N-ethyl adjacent to an activating group) is 1. The Kier molecular flexibility index (Phi) is 4.63. The Morgan fingerprint density at radius 2 is 2.11 bits per heavy atom. The summed E-state index contributed by atoms with van der Waals surface area (Å²) >= 11 is 0. The van der Waals surface area contributed by atoms with Crippen LogP contribution in [0.15, 0.2) is 12.4 Å². The zero-order valence-corrected chi connectivity index (χ0v) is 12.8. The summed E-state index contributed by atoms with van der Waals surface area (Å²) in [7, 11) is 6.53. The van der Waals surface area contributed by atoms with Gasteiger partial charge in [-0.15, -0.1) is 0 Å². The first-order chi connectivity index (χ1) is 9.12. The molecule has 0 aliphatic heterocycles. The second-order valence-corrected chi connectivity index (χ2v) is 5.99. The van der Waals surface area contributed by atoms with Crippen molar-refractivity contribution in [1.29, 1.82) is 0 Å². The van der Waals surface area contributed by atoms with Crippen molar-refractivity contribution in [2.75, 3.05) is 20.6 Å². The van der Waals surface area contributed by atoms with Crippen molar-refractivity contribution in [3.05, 3.63) is 18.2 Å². The van der Waals surface area contributed by atoms with Crippen LogP contribution < -0.4 is 5.32 Å². The molecule has 1 aromatic heterocycles. The van der Waals surface area contributed by atoms with Gasteiger partial charge in [-0.25, -0.2) is 4.98 Å². The molecule has 1 unspecified atom stereocenters. The maximum Gasteiger partial charge on any atom is 0.127 e. The normalized spacial score (nSPS) is 20.1. The highest BCUT2D eigenvalue weighted by atomic mass is 15.2. The Labute approximate surface area is 117 Å². The van der Waals surface area contributed by atoms with E-state index in [1.807, 2.05) is 12.4 Å². The van der Waals surface area contributed by atoms with Gasteiger partial charge in [-0.3, -0.25) is 0 Å². The highest BCUT2D eigenvalue weighted by Gasteiger charge is 2.45. The van der Waals surface area contributed by atoms with E-state index in [9.17, 15) is 0 Å². The zero-order valence-electron chi connectivity index (χ0n) is 12.8. The molecule has 4 heteroatoms. The standard InChI is InChI=1S/C15H28N4/c1-5-10-16-13(14-17-11-12-19(14)4)15(18(2)3)8-6-7-9-15/h11-13,16H,5-10H2,1-4H3. The van der Waals surface area contributed by atoms with Crippen LogP contribution in [0.2, 0.25) is 0 Å². The molecule has 19 heavy (non-hydrogen) atoms. The molecule has 1 fully saturated rings. The van der Waals surface area contributed by atoms with Crippen molar-refractivity contribution in [1.82, 2.24) is 19.8 Å². The summed E-state index contributed by atoms with van der Waals surface area (Å²) < 4.78 is 2.16. The van der Waals surface area contributed by atoms with E-state index in [2.05, 4.69) is 47.8 Å². The minimum absolute atomic E-state index is 0.217. The van der Waals surface area contributed by atoms with Crippen molar-refractivity contribution in [3.8, 4) is 0 Å². The largest absolute Gasteiger partial charge is 0.337 e. The lowest BCUT2D eigenvalue weighted by molar-refractivity contribution is 0.0989. The van der Waals surface area contributed by atoms with Crippen LogP contribution in [0.1, 0.15) is 50.9 Å². The van der Waals surface area contributed by atoms with Gasteiger partial charge in [0.15, 0.2) is 0 Å². The molecular weight excluding hydrogens is 236 g/mol. The Balaban J connectivity index is 2.33. The summed E-state index contributed by atoms with van der Waals surface area (Å²) in [4.78, 5) is 7.03. The summed E-state index contributed by atoms with van der Waals surface area (Å²) in [5.41, 5.74) is 0.217. The van der Waals surface area contributed by atoms with Gasteiger partial charge in [0.2, 0.25) is 0 Å². The molecule has 1 aromatic rings. The number of imidazole rings is 1. The fourth-order valence-electron chi connectivity index (χ4n) is 3.45. The van der Waals surface area contributed by atoms with Crippen LogP contribution in [0.25, 0.3) is 0 Å². The second-order valence-electron chi connectivity index (χ2n) is 5.99.